The molecule has 0 saturated carbocycles. The van der Waals surface area contributed by atoms with E-state index in [2.05, 4.69) is 20.7 Å². The third kappa shape index (κ3) is 5.45. The Bertz CT molecular complexity index is 722. The Balaban J connectivity index is 1.86. The maximum atomic E-state index is 5.66. The van der Waals surface area contributed by atoms with Crippen molar-refractivity contribution in [2.45, 2.75) is 0 Å². The molecule has 24 heavy (non-hydrogen) atoms. The zero-order valence-electron chi connectivity index (χ0n) is 13.5. The van der Waals surface area contributed by atoms with Crippen LogP contribution < -0.4 is 20.6 Å². The molecule has 0 aliphatic heterocycles. The Morgan fingerprint density at radius 2 is 1.38 bits per heavy atom. The standard InChI is InChI=1S/C17H19N5O2/c1-23-15-7-3-13(4-8-15)11-19-21-17(18)22-20-12-14-5-9-16(24-2)10-6-14/h3-12H,1-2H3,(H3,18,21,22)/b19-11-,20-12+. The number of ether oxygens (including phenoxy) is 2. The van der Waals surface area contributed by atoms with Crippen LogP contribution in [0.25, 0.3) is 0 Å². The van der Waals surface area contributed by atoms with Crippen molar-refractivity contribution in [3.8, 4) is 11.5 Å². The van der Waals surface area contributed by atoms with Crippen LogP contribution in [0.3, 0.4) is 0 Å². The number of hydrogen-bond donors (Lipinski definition) is 2. The molecule has 0 unspecified atom stereocenters. The number of benzene rings is 2. The predicted molar refractivity (Wildman–Crippen MR) is 95.9 cm³/mol. The first-order valence-electron chi connectivity index (χ1n) is 7.15. The fourth-order valence-corrected chi connectivity index (χ4v) is 1.73. The van der Waals surface area contributed by atoms with Crippen LogP contribution in [0.1, 0.15) is 11.1 Å². The van der Waals surface area contributed by atoms with Gasteiger partial charge in [-0.2, -0.15) is 10.2 Å². The fraction of sp³-hybridized carbons (Fsp3) is 0.118. The highest BCUT2D eigenvalue weighted by Gasteiger charge is 1.92. The number of hydrogen-bond acceptors (Lipinski definition) is 5. The van der Waals surface area contributed by atoms with E-state index >= 15 is 0 Å². The van der Waals surface area contributed by atoms with E-state index in [-0.39, 0.29) is 5.96 Å². The third-order valence-corrected chi connectivity index (χ3v) is 3.00. The van der Waals surface area contributed by atoms with Crippen LogP contribution in [0.5, 0.6) is 11.5 Å². The smallest absolute Gasteiger partial charge is 0.234 e. The Hall–Kier alpha value is -3.35. The number of guanidine groups is 1. The molecule has 7 nitrogen and oxygen atoms in total. The summed E-state index contributed by atoms with van der Waals surface area (Å²) in [5, 5.41) is 11.7. The molecule has 0 aliphatic carbocycles. The summed E-state index contributed by atoms with van der Waals surface area (Å²) < 4.78 is 10.2. The Kier molecular flexibility index (Phi) is 6.34. The first kappa shape index (κ1) is 17.0. The topological polar surface area (TPSA) is 93.6 Å². The van der Waals surface area contributed by atoms with E-state index in [0.29, 0.717) is 0 Å². The van der Waals surface area contributed by atoms with Gasteiger partial charge in [-0.1, -0.05) is 0 Å². The van der Waals surface area contributed by atoms with Crippen LogP contribution in [-0.2, 0) is 0 Å². The predicted octanol–water partition coefficient (Wildman–Crippen LogP) is 1.98. The second-order valence-corrected chi connectivity index (χ2v) is 4.65. The lowest BCUT2D eigenvalue weighted by Crippen LogP contribution is -2.26. The second-order valence-electron chi connectivity index (χ2n) is 4.65. The number of nitrogens with one attached hydrogen (secondary N) is 1. The SMILES string of the molecule is COc1ccc(/C=N\N/C(N)=N/N=C/c2ccc(OC)cc2)cc1. The number of nitrogens with two attached hydrogens (primary N) is 1. The van der Waals surface area contributed by atoms with Crippen LogP contribution in [0.4, 0.5) is 0 Å². The molecule has 2 aromatic rings. The van der Waals surface area contributed by atoms with E-state index in [1.807, 2.05) is 48.5 Å². The van der Waals surface area contributed by atoms with Gasteiger partial charge in [0.2, 0.25) is 5.96 Å². The zero-order chi connectivity index (χ0) is 17.2. The third-order valence-electron chi connectivity index (χ3n) is 3.00. The maximum Gasteiger partial charge on any atom is 0.234 e. The molecular weight excluding hydrogens is 306 g/mol. The van der Waals surface area contributed by atoms with Gasteiger partial charge in [-0.3, -0.25) is 0 Å². The monoisotopic (exact) mass is 325 g/mol. The van der Waals surface area contributed by atoms with Crippen molar-refractivity contribution in [3.63, 3.8) is 0 Å². The fourth-order valence-electron chi connectivity index (χ4n) is 1.73. The molecule has 0 spiro atoms. The van der Waals surface area contributed by atoms with Crippen molar-refractivity contribution in [3.05, 3.63) is 59.7 Å². The minimum absolute atomic E-state index is 0.0875. The highest BCUT2D eigenvalue weighted by atomic mass is 16.5. The molecule has 3 N–H and O–H groups in total. The molecule has 0 radical (unpaired) electrons. The van der Waals surface area contributed by atoms with Crippen LogP contribution >= 0.6 is 0 Å². The summed E-state index contributed by atoms with van der Waals surface area (Å²) in [7, 11) is 3.24. The lowest BCUT2D eigenvalue weighted by atomic mass is 10.2. The van der Waals surface area contributed by atoms with E-state index < -0.39 is 0 Å². The summed E-state index contributed by atoms with van der Waals surface area (Å²) in [6, 6.07) is 14.8. The van der Waals surface area contributed by atoms with Gasteiger partial charge < -0.3 is 15.2 Å². The molecule has 0 heterocycles. The van der Waals surface area contributed by atoms with Crippen molar-refractivity contribution in [2.75, 3.05) is 14.2 Å². The summed E-state index contributed by atoms with van der Waals surface area (Å²) in [5.74, 6) is 1.66. The summed E-state index contributed by atoms with van der Waals surface area (Å²) in [5.41, 5.74) is 10.0. The first-order valence-corrected chi connectivity index (χ1v) is 7.15. The maximum absolute atomic E-state index is 5.66. The van der Waals surface area contributed by atoms with Gasteiger partial charge in [-0.25, -0.2) is 5.43 Å². The van der Waals surface area contributed by atoms with E-state index in [9.17, 15) is 0 Å². The van der Waals surface area contributed by atoms with Crippen molar-refractivity contribution < 1.29 is 9.47 Å². The highest BCUT2D eigenvalue weighted by molar-refractivity contribution is 5.84. The molecular formula is C17H19N5O2. The summed E-state index contributed by atoms with van der Waals surface area (Å²) in [6.07, 6.45) is 3.20. The summed E-state index contributed by atoms with van der Waals surface area (Å²) in [6.45, 7) is 0. The van der Waals surface area contributed by atoms with Crippen LogP contribution in [0.15, 0.2) is 63.8 Å². The first-order chi connectivity index (χ1) is 11.7. The van der Waals surface area contributed by atoms with Crippen molar-refractivity contribution in [1.29, 1.82) is 0 Å². The van der Waals surface area contributed by atoms with Crippen molar-refractivity contribution in [2.24, 2.45) is 21.0 Å². The van der Waals surface area contributed by atoms with E-state index in [4.69, 9.17) is 15.2 Å². The number of methoxy groups -OCH3 is 2. The number of nitrogens with zero attached hydrogens (tertiary/aromatic N) is 3. The summed E-state index contributed by atoms with van der Waals surface area (Å²) >= 11 is 0. The van der Waals surface area contributed by atoms with Gasteiger partial charge in [-0.05, 0) is 59.7 Å². The van der Waals surface area contributed by atoms with E-state index in [1.54, 1.807) is 26.6 Å². The Morgan fingerprint density at radius 1 is 0.875 bits per heavy atom. The molecule has 0 amide bonds. The molecule has 7 heteroatoms. The molecule has 0 fully saturated rings. The van der Waals surface area contributed by atoms with Crippen molar-refractivity contribution in [1.82, 2.24) is 5.43 Å². The van der Waals surface area contributed by atoms with Gasteiger partial charge in [0, 0.05) is 0 Å². The molecule has 0 aliphatic rings. The normalized spacial score (nSPS) is 11.8. The van der Waals surface area contributed by atoms with Gasteiger partial charge in [0.25, 0.3) is 0 Å². The second kappa shape index (κ2) is 8.94. The van der Waals surface area contributed by atoms with Gasteiger partial charge >= 0.3 is 0 Å². The summed E-state index contributed by atoms with van der Waals surface area (Å²) in [4.78, 5) is 0. The number of rotatable bonds is 6. The highest BCUT2D eigenvalue weighted by Crippen LogP contribution is 2.10. The molecule has 0 bridgehead atoms. The van der Waals surface area contributed by atoms with Crippen LogP contribution in [0.2, 0.25) is 0 Å². The molecule has 2 aromatic carbocycles. The van der Waals surface area contributed by atoms with Gasteiger partial charge in [0.15, 0.2) is 0 Å². The Morgan fingerprint density at radius 3 is 1.88 bits per heavy atom. The Labute approximate surface area is 140 Å². The molecule has 0 aromatic heterocycles. The lowest BCUT2D eigenvalue weighted by Gasteiger charge is -1.99. The largest absolute Gasteiger partial charge is 0.497 e. The average Bonchev–Trinajstić information content (AvgIpc) is 2.63. The van der Waals surface area contributed by atoms with Gasteiger partial charge in [0.05, 0.1) is 26.6 Å². The van der Waals surface area contributed by atoms with E-state index in [0.717, 1.165) is 22.6 Å². The molecule has 2 rings (SSSR count). The van der Waals surface area contributed by atoms with Crippen LogP contribution in [0, 0.1) is 0 Å². The van der Waals surface area contributed by atoms with Crippen LogP contribution in [-0.4, -0.2) is 32.6 Å². The minimum atomic E-state index is 0.0875. The zero-order valence-corrected chi connectivity index (χ0v) is 13.5. The average molecular weight is 325 g/mol. The van der Waals surface area contributed by atoms with E-state index in [1.165, 1.54) is 0 Å². The number of hydrazone groups is 1. The lowest BCUT2D eigenvalue weighted by molar-refractivity contribution is 0.414. The van der Waals surface area contributed by atoms with Gasteiger partial charge in [0.1, 0.15) is 11.5 Å². The quantitative estimate of drug-likeness (QED) is 0.482. The van der Waals surface area contributed by atoms with Crippen molar-refractivity contribution >= 4 is 18.4 Å². The molecule has 124 valence electrons. The molecule has 0 saturated heterocycles. The minimum Gasteiger partial charge on any atom is -0.497 e. The molecule has 0 atom stereocenters. The van der Waals surface area contributed by atoms with Gasteiger partial charge in [-0.15, -0.1) is 5.10 Å².